The average molecular weight is 323 g/mol. The van der Waals surface area contributed by atoms with Crippen LogP contribution < -0.4 is 9.64 Å². The van der Waals surface area contributed by atoms with Gasteiger partial charge in [0.2, 0.25) is 5.88 Å². The normalized spacial score (nSPS) is 15.1. The molecule has 3 rings (SSSR count). The zero-order valence-electron chi connectivity index (χ0n) is 12.3. The molecular formula is C16H17F2N2OS. The summed E-state index contributed by atoms with van der Waals surface area (Å²) in [5.74, 6) is -0.589. The van der Waals surface area contributed by atoms with Crippen molar-refractivity contribution in [3.05, 3.63) is 35.6 Å². The third-order valence-electron chi connectivity index (χ3n) is 3.56. The van der Waals surface area contributed by atoms with Crippen LogP contribution in [0.5, 0.6) is 5.88 Å². The second kappa shape index (κ2) is 6.60. The van der Waals surface area contributed by atoms with Crippen LogP contribution >= 0.6 is 11.3 Å². The van der Waals surface area contributed by atoms with Gasteiger partial charge in [0, 0.05) is 18.7 Å². The smallest absolute Gasteiger partial charge is 0.224 e. The third kappa shape index (κ3) is 3.06. The second-order valence-corrected chi connectivity index (χ2v) is 5.92. The first-order valence-electron chi connectivity index (χ1n) is 7.33. The highest BCUT2D eigenvalue weighted by Gasteiger charge is 2.21. The van der Waals surface area contributed by atoms with Crippen molar-refractivity contribution < 1.29 is 13.5 Å². The number of benzene rings is 1. The van der Waals surface area contributed by atoms with Gasteiger partial charge in [-0.15, -0.1) is 11.3 Å². The first kappa shape index (κ1) is 15.2. The summed E-state index contributed by atoms with van der Waals surface area (Å²) in [6, 6.07) is 2.70. The van der Waals surface area contributed by atoms with Gasteiger partial charge in [0.05, 0.1) is 12.0 Å². The van der Waals surface area contributed by atoms with E-state index in [2.05, 4.69) is 11.4 Å². The van der Waals surface area contributed by atoms with Gasteiger partial charge in [-0.3, -0.25) is 0 Å². The van der Waals surface area contributed by atoms with Crippen molar-refractivity contribution in [2.24, 2.45) is 0 Å². The molecule has 0 amide bonds. The van der Waals surface area contributed by atoms with Crippen LogP contribution in [0.1, 0.15) is 19.8 Å². The van der Waals surface area contributed by atoms with Gasteiger partial charge in [-0.2, -0.15) is 0 Å². The number of hydrogen-bond donors (Lipinski definition) is 0. The van der Waals surface area contributed by atoms with E-state index in [1.54, 1.807) is 10.3 Å². The molecule has 1 aliphatic heterocycles. The van der Waals surface area contributed by atoms with Crippen molar-refractivity contribution >= 4 is 17.0 Å². The molecule has 1 fully saturated rings. The summed E-state index contributed by atoms with van der Waals surface area (Å²) in [5.41, 5.74) is 0.511. The van der Waals surface area contributed by atoms with Crippen LogP contribution in [0.2, 0.25) is 0 Å². The number of ether oxygens (including phenoxy) is 1. The Morgan fingerprint density at radius 2 is 1.91 bits per heavy atom. The molecule has 0 aliphatic carbocycles. The number of piperidine rings is 1. The molecule has 0 spiro atoms. The van der Waals surface area contributed by atoms with Crippen LogP contribution in [0.25, 0.3) is 10.6 Å². The Morgan fingerprint density at radius 3 is 2.55 bits per heavy atom. The van der Waals surface area contributed by atoms with E-state index in [4.69, 9.17) is 4.74 Å². The van der Waals surface area contributed by atoms with Gasteiger partial charge >= 0.3 is 0 Å². The highest BCUT2D eigenvalue weighted by molar-refractivity contribution is 7.13. The van der Waals surface area contributed by atoms with Crippen LogP contribution in [0.4, 0.5) is 14.5 Å². The van der Waals surface area contributed by atoms with Gasteiger partial charge in [0.25, 0.3) is 0 Å². The van der Waals surface area contributed by atoms with Crippen LogP contribution in [-0.2, 0) is 0 Å². The molecule has 1 aromatic carbocycles. The molecule has 1 radical (unpaired) electrons. The zero-order chi connectivity index (χ0) is 15.5. The van der Waals surface area contributed by atoms with Crippen LogP contribution in [-0.4, -0.2) is 24.7 Å². The number of aromatic nitrogens is 1. The van der Waals surface area contributed by atoms with E-state index in [1.165, 1.54) is 23.5 Å². The third-order valence-corrected chi connectivity index (χ3v) is 4.43. The number of hydrogen-bond acceptors (Lipinski definition) is 4. The van der Waals surface area contributed by atoms with Gasteiger partial charge in [-0.25, -0.2) is 13.8 Å². The van der Waals surface area contributed by atoms with Crippen molar-refractivity contribution in [2.45, 2.75) is 19.8 Å². The monoisotopic (exact) mass is 323 g/mol. The number of halogens is 2. The molecular weight excluding hydrogens is 306 g/mol. The molecule has 1 aromatic heterocycles. The molecule has 0 N–H and O–H groups in total. The maximum atomic E-state index is 14.4. The largest absolute Gasteiger partial charge is 0.477 e. The standard InChI is InChI=1S/C16H17F2N2OS/c1-2-21-14-10-22-16(19-14)11-8-12(17)15(13(18)9-11)20-6-4-3-5-7-20/h3,8-10H,2,4-7H2,1H3. The first-order valence-corrected chi connectivity index (χ1v) is 8.21. The maximum absolute atomic E-state index is 14.4. The van der Waals surface area contributed by atoms with E-state index in [0.29, 0.717) is 36.1 Å². The molecule has 117 valence electrons. The molecule has 2 heterocycles. The van der Waals surface area contributed by atoms with Crippen molar-refractivity contribution in [1.82, 2.24) is 4.98 Å². The van der Waals surface area contributed by atoms with Gasteiger partial charge in [-0.05, 0) is 38.3 Å². The molecule has 0 bridgehead atoms. The molecule has 6 heteroatoms. The summed E-state index contributed by atoms with van der Waals surface area (Å²) < 4.78 is 34.1. The molecule has 1 aliphatic rings. The average Bonchev–Trinajstić information content (AvgIpc) is 2.97. The molecule has 1 saturated heterocycles. The molecule has 2 aromatic rings. The fourth-order valence-electron chi connectivity index (χ4n) is 2.57. The van der Waals surface area contributed by atoms with Crippen molar-refractivity contribution in [3.8, 4) is 16.5 Å². The number of rotatable bonds is 4. The lowest BCUT2D eigenvalue weighted by atomic mass is 10.1. The minimum atomic E-state index is -0.537. The Bertz CT molecular complexity index is 630. The van der Waals surface area contributed by atoms with Crippen molar-refractivity contribution in [2.75, 3.05) is 24.6 Å². The van der Waals surface area contributed by atoms with E-state index in [1.807, 2.05) is 6.92 Å². The minimum absolute atomic E-state index is 0.0680. The molecule has 0 saturated carbocycles. The summed E-state index contributed by atoms with van der Waals surface area (Å²) in [6.45, 7) is 3.68. The molecule has 3 nitrogen and oxygen atoms in total. The fourth-order valence-corrected chi connectivity index (χ4v) is 3.30. The molecule has 0 atom stereocenters. The predicted molar refractivity (Wildman–Crippen MR) is 84.4 cm³/mol. The van der Waals surface area contributed by atoms with Gasteiger partial charge in [-0.1, -0.05) is 0 Å². The lowest BCUT2D eigenvalue weighted by molar-refractivity contribution is 0.329. The van der Waals surface area contributed by atoms with E-state index in [-0.39, 0.29) is 5.69 Å². The van der Waals surface area contributed by atoms with Crippen molar-refractivity contribution in [1.29, 1.82) is 0 Å². The second-order valence-electron chi connectivity index (χ2n) is 5.07. The molecule has 0 unspecified atom stereocenters. The van der Waals surface area contributed by atoms with E-state index in [0.717, 1.165) is 12.8 Å². The lowest BCUT2D eigenvalue weighted by Crippen LogP contribution is -2.31. The lowest BCUT2D eigenvalue weighted by Gasteiger charge is -2.29. The zero-order valence-corrected chi connectivity index (χ0v) is 13.1. The fraction of sp³-hybridized carbons (Fsp3) is 0.375. The number of anilines is 1. The van der Waals surface area contributed by atoms with Gasteiger partial charge < -0.3 is 9.64 Å². The van der Waals surface area contributed by atoms with Crippen LogP contribution in [0.15, 0.2) is 17.5 Å². The van der Waals surface area contributed by atoms with Crippen LogP contribution in [0, 0.1) is 18.1 Å². The Morgan fingerprint density at radius 1 is 1.23 bits per heavy atom. The van der Waals surface area contributed by atoms with Gasteiger partial charge in [0.15, 0.2) is 0 Å². The first-order chi connectivity index (χ1) is 10.7. The highest BCUT2D eigenvalue weighted by atomic mass is 32.1. The summed E-state index contributed by atoms with van der Waals surface area (Å²) in [7, 11) is 0. The Hall–Kier alpha value is -1.69. The van der Waals surface area contributed by atoms with E-state index >= 15 is 0 Å². The summed E-state index contributed by atoms with van der Waals surface area (Å²) in [5, 5.41) is 2.29. The van der Waals surface area contributed by atoms with Gasteiger partial charge in [0.1, 0.15) is 22.3 Å². The highest BCUT2D eigenvalue weighted by Crippen LogP contribution is 2.33. The van der Waals surface area contributed by atoms with E-state index < -0.39 is 11.6 Å². The summed E-state index contributed by atoms with van der Waals surface area (Å²) in [4.78, 5) is 6.00. The van der Waals surface area contributed by atoms with E-state index in [9.17, 15) is 8.78 Å². The number of nitrogens with zero attached hydrogens (tertiary/aromatic N) is 2. The minimum Gasteiger partial charge on any atom is -0.477 e. The SMILES string of the molecule is CCOc1csc(-c2cc(F)c(N3CC[CH]CC3)c(F)c2)n1. The number of thiazole rings is 1. The Kier molecular flexibility index (Phi) is 4.57. The molecule has 22 heavy (non-hydrogen) atoms. The topological polar surface area (TPSA) is 25.4 Å². The summed E-state index contributed by atoms with van der Waals surface area (Å²) >= 11 is 1.31. The maximum Gasteiger partial charge on any atom is 0.224 e. The van der Waals surface area contributed by atoms with Crippen molar-refractivity contribution in [3.63, 3.8) is 0 Å². The Labute approximate surface area is 132 Å². The Balaban J connectivity index is 1.90. The predicted octanol–water partition coefficient (Wildman–Crippen LogP) is 4.29. The summed E-state index contributed by atoms with van der Waals surface area (Å²) in [6.07, 6.45) is 3.85. The quantitative estimate of drug-likeness (QED) is 0.839. The van der Waals surface area contributed by atoms with Crippen LogP contribution in [0.3, 0.4) is 0 Å².